The van der Waals surface area contributed by atoms with Gasteiger partial charge >= 0.3 is 5.97 Å². The van der Waals surface area contributed by atoms with Crippen molar-refractivity contribution < 1.29 is 19.1 Å². The third-order valence-corrected chi connectivity index (χ3v) is 5.58. The molecule has 0 bridgehead atoms. The van der Waals surface area contributed by atoms with E-state index in [1.807, 2.05) is 60.7 Å². The van der Waals surface area contributed by atoms with Crippen LogP contribution in [0.25, 0.3) is 11.1 Å². The summed E-state index contributed by atoms with van der Waals surface area (Å²) in [7, 11) is 0. The van der Waals surface area contributed by atoms with E-state index in [0.29, 0.717) is 11.1 Å². The smallest absolute Gasteiger partial charge is 0.325 e. The number of carbonyl (C=O) groups is 3. The third kappa shape index (κ3) is 5.01. The zero-order valence-corrected chi connectivity index (χ0v) is 19.6. The molecule has 34 heavy (non-hydrogen) atoms. The largest absolute Gasteiger partial charge is 0.459 e. The van der Waals surface area contributed by atoms with E-state index in [2.05, 4.69) is 5.32 Å². The first kappa shape index (κ1) is 23.2. The van der Waals surface area contributed by atoms with Crippen molar-refractivity contribution in [3.63, 3.8) is 0 Å². The number of hydrogen-bond donors (Lipinski definition) is 1. The molecule has 4 rings (SSSR count). The van der Waals surface area contributed by atoms with Gasteiger partial charge in [0.2, 0.25) is 5.91 Å². The van der Waals surface area contributed by atoms with Crippen molar-refractivity contribution in [2.45, 2.75) is 39.0 Å². The highest BCUT2D eigenvalue weighted by Crippen LogP contribution is 2.36. The fraction of sp³-hybridized carbons (Fsp3) is 0.250. The quantitative estimate of drug-likeness (QED) is 0.554. The van der Waals surface area contributed by atoms with Crippen LogP contribution in [0, 0.1) is 0 Å². The van der Waals surface area contributed by atoms with Gasteiger partial charge in [0.25, 0.3) is 5.91 Å². The van der Waals surface area contributed by atoms with Gasteiger partial charge in [-0.05, 0) is 49.1 Å². The van der Waals surface area contributed by atoms with E-state index in [1.165, 1.54) is 0 Å². The molecule has 0 aromatic heterocycles. The number of nitrogens with one attached hydrogen (secondary N) is 1. The molecule has 2 amide bonds. The van der Waals surface area contributed by atoms with Crippen LogP contribution in [0.2, 0.25) is 0 Å². The average molecular weight is 457 g/mol. The summed E-state index contributed by atoms with van der Waals surface area (Å²) in [4.78, 5) is 40.3. The second kappa shape index (κ2) is 9.51. The maximum absolute atomic E-state index is 13.3. The predicted octanol–water partition coefficient (Wildman–Crippen LogP) is 4.51. The van der Waals surface area contributed by atoms with Crippen molar-refractivity contribution in [3.05, 3.63) is 95.6 Å². The molecule has 0 saturated heterocycles. The Labute approximate surface area is 199 Å². The van der Waals surface area contributed by atoms with Crippen molar-refractivity contribution >= 4 is 17.8 Å². The number of fused-ring (bicyclic) bond motifs is 1. The van der Waals surface area contributed by atoms with Crippen LogP contribution in [0.1, 0.15) is 48.3 Å². The zero-order chi connectivity index (χ0) is 24.3. The van der Waals surface area contributed by atoms with Gasteiger partial charge in [0.1, 0.15) is 18.2 Å². The zero-order valence-electron chi connectivity index (χ0n) is 19.6. The molecule has 1 atom stereocenters. The maximum atomic E-state index is 13.3. The van der Waals surface area contributed by atoms with E-state index in [4.69, 9.17) is 4.74 Å². The molecule has 0 aliphatic carbocycles. The van der Waals surface area contributed by atoms with Crippen molar-refractivity contribution in [2.75, 3.05) is 6.54 Å². The van der Waals surface area contributed by atoms with E-state index in [0.717, 1.165) is 16.7 Å². The predicted molar refractivity (Wildman–Crippen MR) is 130 cm³/mol. The molecule has 1 heterocycles. The molecule has 0 radical (unpaired) electrons. The normalized spacial score (nSPS) is 15.1. The number of carbonyl (C=O) groups excluding carboxylic acids is 3. The van der Waals surface area contributed by atoms with Crippen LogP contribution >= 0.6 is 0 Å². The minimum Gasteiger partial charge on any atom is -0.459 e. The number of hydrogen-bond acceptors (Lipinski definition) is 4. The van der Waals surface area contributed by atoms with Crippen LogP contribution in [0.15, 0.2) is 78.9 Å². The molecule has 6 nitrogen and oxygen atoms in total. The summed E-state index contributed by atoms with van der Waals surface area (Å²) < 4.78 is 5.29. The minimum atomic E-state index is -0.838. The highest BCUT2D eigenvalue weighted by molar-refractivity contribution is 6.05. The van der Waals surface area contributed by atoms with E-state index >= 15 is 0 Å². The highest BCUT2D eigenvalue weighted by Gasteiger charge is 2.41. The molecule has 1 aliphatic rings. The molecule has 1 N–H and O–H groups in total. The van der Waals surface area contributed by atoms with Crippen molar-refractivity contribution in [2.24, 2.45) is 0 Å². The van der Waals surface area contributed by atoms with Gasteiger partial charge in [0.05, 0.1) is 0 Å². The lowest BCUT2D eigenvalue weighted by atomic mass is 9.99. The molecular formula is C28H28N2O4. The van der Waals surface area contributed by atoms with Gasteiger partial charge in [0, 0.05) is 12.1 Å². The van der Waals surface area contributed by atoms with Crippen LogP contribution in [0.4, 0.5) is 0 Å². The first-order valence-electron chi connectivity index (χ1n) is 11.3. The van der Waals surface area contributed by atoms with E-state index in [1.54, 1.807) is 43.9 Å². The van der Waals surface area contributed by atoms with Gasteiger partial charge in [-0.15, -0.1) is 0 Å². The van der Waals surface area contributed by atoms with E-state index in [-0.39, 0.29) is 19.0 Å². The summed E-state index contributed by atoms with van der Waals surface area (Å²) in [5.74, 6) is -1.16. The Bertz CT molecular complexity index is 1210. The third-order valence-electron chi connectivity index (χ3n) is 5.58. The highest BCUT2D eigenvalue weighted by atomic mass is 16.6. The Hall–Kier alpha value is -3.93. The second-order valence-electron chi connectivity index (χ2n) is 9.25. The summed E-state index contributed by atoms with van der Waals surface area (Å²) >= 11 is 0. The number of nitrogens with zero attached hydrogens (tertiary/aromatic N) is 1. The second-order valence-corrected chi connectivity index (χ2v) is 9.25. The summed E-state index contributed by atoms with van der Waals surface area (Å²) in [5, 5.41) is 2.66. The fourth-order valence-electron chi connectivity index (χ4n) is 4.19. The Morgan fingerprint density at radius 3 is 2.21 bits per heavy atom. The van der Waals surface area contributed by atoms with Crippen LogP contribution in [-0.4, -0.2) is 34.8 Å². The Morgan fingerprint density at radius 1 is 0.882 bits per heavy atom. The van der Waals surface area contributed by atoms with Gasteiger partial charge in [-0.25, -0.2) is 0 Å². The molecule has 0 fully saturated rings. The maximum Gasteiger partial charge on any atom is 0.325 e. The first-order valence-corrected chi connectivity index (χ1v) is 11.3. The topological polar surface area (TPSA) is 75.7 Å². The Balaban J connectivity index is 1.61. The lowest BCUT2D eigenvalue weighted by Crippen LogP contribution is -2.41. The fourth-order valence-corrected chi connectivity index (χ4v) is 4.19. The lowest BCUT2D eigenvalue weighted by Gasteiger charge is -2.26. The number of benzene rings is 3. The molecule has 1 aliphatic heterocycles. The number of amides is 2. The van der Waals surface area contributed by atoms with Crippen LogP contribution in [0.3, 0.4) is 0 Å². The molecule has 0 saturated carbocycles. The number of rotatable bonds is 6. The summed E-state index contributed by atoms with van der Waals surface area (Å²) in [5.41, 5.74) is 3.45. The van der Waals surface area contributed by atoms with Crippen LogP contribution in [0.5, 0.6) is 0 Å². The van der Waals surface area contributed by atoms with Crippen molar-refractivity contribution in [3.8, 4) is 11.1 Å². The van der Waals surface area contributed by atoms with Gasteiger partial charge in [0.15, 0.2) is 0 Å². The van der Waals surface area contributed by atoms with Gasteiger partial charge in [-0.3, -0.25) is 14.4 Å². The first-order chi connectivity index (χ1) is 16.2. The van der Waals surface area contributed by atoms with Crippen LogP contribution < -0.4 is 5.32 Å². The summed E-state index contributed by atoms with van der Waals surface area (Å²) in [6.45, 7) is 5.29. The standard InChI is InChI=1S/C28H28N2O4/c1-28(2,3)34-24(31)17-29-26(32)25-22-15-9-10-16-23(22)27(33)30(25)18-20-13-7-8-14-21(20)19-11-5-4-6-12-19/h4-16,25H,17-18H2,1-3H3,(H,29,32). The number of esters is 1. The summed E-state index contributed by atoms with van der Waals surface area (Å²) in [6, 6.07) is 24.1. The van der Waals surface area contributed by atoms with E-state index < -0.39 is 23.5 Å². The average Bonchev–Trinajstić information content (AvgIpc) is 3.09. The van der Waals surface area contributed by atoms with Crippen molar-refractivity contribution in [1.82, 2.24) is 10.2 Å². The molecular weight excluding hydrogens is 428 g/mol. The molecule has 3 aromatic rings. The SMILES string of the molecule is CC(C)(C)OC(=O)CNC(=O)C1c2ccccc2C(=O)N1Cc1ccccc1-c1ccccc1. The number of ether oxygens (including phenoxy) is 1. The van der Waals surface area contributed by atoms with E-state index in [9.17, 15) is 14.4 Å². The monoisotopic (exact) mass is 456 g/mol. The van der Waals surface area contributed by atoms with Crippen molar-refractivity contribution in [1.29, 1.82) is 0 Å². The Morgan fingerprint density at radius 2 is 1.50 bits per heavy atom. The molecule has 174 valence electrons. The van der Waals surface area contributed by atoms with Gasteiger partial charge < -0.3 is 15.0 Å². The van der Waals surface area contributed by atoms with Gasteiger partial charge in [-0.1, -0.05) is 72.8 Å². The molecule has 0 spiro atoms. The van der Waals surface area contributed by atoms with Crippen LogP contribution in [-0.2, 0) is 20.9 Å². The Kier molecular flexibility index (Phi) is 6.50. The molecule has 6 heteroatoms. The summed E-state index contributed by atoms with van der Waals surface area (Å²) in [6.07, 6.45) is 0. The molecule has 1 unspecified atom stereocenters. The lowest BCUT2D eigenvalue weighted by molar-refractivity contribution is -0.154. The molecule has 3 aromatic carbocycles. The van der Waals surface area contributed by atoms with Gasteiger partial charge in [-0.2, -0.15) is 0 Å². The minimum absolute atomic E-state index is 0.212.